The molecule has 1 fully saturated rings. The van der Waals surface area contributed by atoms with Gasteiger partial charge in [-0.2, -0.15) is 0 Å². The number of rotatable bonds is 5. The molecule has 0 heterocycles. The van der Waals surface area contributed by atoms with Crippen molar-refractivity contribution in [2.45, 2.75) is 39.7 Å². The molecule has 1 saturated carbocycles. The largest absolute Gasteiger partial charge is 0.478 e. The fraction of sp³-hybridized carbons (Fsp3) is 0.500. The molecule has 0 atom stereocenters. The Balaban J connectivity index is 2.10. The molecule has 2 amide bonds. The number of aromatic carboxylic acids is 1. The molecule has 2 rings (SSSR count). The topological polar surface area (TPSA) is 69.6 Å². The highest BCUT2D eigenvalue weighted by atomic mass is 16.4. The number of nitrogens with zero attached hydrogens (tertiary/aromatic N) is 1. The summed E-state index contributed by atoms with van der Waals surface area (Å²) in [7, 11) is 0. The van der Waals surface area contributed by atoms with E-state index in [0.29, 0.717) is 17.2 Å². The number of benzene rings is 1. The summed E-state index contributed by atoms with van der Waals surface area (Å²) in [6.45, 7) is 6.48. The molecule has 1 aliphatic rings. The van der Waals surface area contributed by atoms with Gasteiger partial charge in [-0.15, -0.1) is 0 Å². The number of hydrogen-bond acceptors (Lipinski definition) is 2. The Labute approximate surface area is 125 Å². The number of carbonyl (C=O) groups excluding carboxylic acids is 1. The number of amides is 2. The first-order valence-corrected chi connectivity index (χ1v) is 7.30. The normalized spacial score (nSPS) is 14.1. The van der Waals surface area contributed by atoms with Crippen molar-refractivity contribution in [3.8, 4) is 0 Å². The molecule has 21 heavy (non-hydrogen) atoms. The number of carboxylic acid groups (broad SMARTS) is 1. The van der Waals surface area contributed by atoms with Gasteiger partial charge in [-0.3, -0.25) is 0 Å². The summed E-state index contributed by atoms with van der Waals surface area (Å²) < 4.78 is 0. The van der Waals surface area contributed by atoms with Crippen LogP contribution in [-0.2, 0) is 0 Å². The fourth-order valence-corrected chi connectivity index (χ4v) is 2.23. The average Bonchev–Trinajstić information content (AvgIpc) is 3.21. The molecule has 5 heteroatoms. The third-order valence-corrected chi connectivity index (χ3v) is 3.76. The van der Waals surface area contributed by atoms with Crippen molar-refractivity contribution >= 4 is 17.7 Å². The second kappa shape index (κ2) is 6.16. The number of carboxylic acids is 1. The molecule has 0 unspecified atom stereocenters. The van der Waals surface area contributed by atoms with Gasteiger partial charge < -0.3 is 15.3 Å². The van der Waals surface area contributed by atoms with Gasteiger partial charge in [-0.05, 0) is 57.2 Å². The zero-order valence-corrected chi connectivity index (χ0v) is 12.7. The Hall–Kier alpha value is -2.04. The number of aryl methyl sites for hydroxylation is 1. The second-order valence-electron chi connectivity index (χ2n) is 5.95. The highest BCUT2D eigenvalue weighted by molar-refractivity contribution is 5.94. The summed E-state index contributed by atoms with van der Waals surface area (Å²) in [4.78, 5) is 25.3. The van der Waals surface area contributed by atoms with Crippen molar-refractivity contribution in [1.82, 2.24) is 4.90 Å². The molecule has 0 aromatic heterocycles. The van der Waals surface area contributed by atoms with E-state index >= 15 is 0 Å². The average molecular weight is 290 g/mol. The minimum Gasteiger partial charge on any atom is -0.478 e. The van der Waals surface area contributed by atoms with E-state index in [4.69, 9.17) is 5.11 Å². The summed E-state index contributed by atoms with van der Waals surface area (Å²) in [5, 5.41) is 11.9. The van der Waals surface area contributed by atoms with E-state index in [2.05, 4.69) is 5.32 Å². The van der Waals surface area contributed by atoms with E-state index in [0.717, 1.165) is 6.54 Å². The van der Waals surface area contributed by atoms with Gasteiger partial charge in [0.25, 0.3) is 0 Å². The minimum absolute atomic E-state index is 0.120. The standard InChI is InChI=1S/C16H22N2O3/c1-10(2)18(9-12-5-6-12)16(21)17-13-7-4-11(3)14(8-13)15(19)20/h4,7-8,10,12H,5-6,9H2,1-3H3,(H,17,21)(H,19,20). The molecule has 0 radical (unpaired) electrons. The fourth-order valence-electron chi connectivity index (χ4n) is 2.23. The van der Waals surface area contributed by atoms with Gasteiger partial charge >= 0.3 is 12.0 Å². The predicted octanol–water partition coefficient (Wildman–Crippen LogP) is 3.35. The maximum Gasteiger partial charge on any atom is 0.336 e. The van der Waals surface area contributed by atoms with Gasteiger partial charge in [-0.1, -0.05) is 6.07 Å². The van der Waals surface area contributed by atoms with Crippen LogP contribution in [-0.4, -0.2) is 34.6 Å². The lowest BCUT2D eigenvalue weighted by Crippen LogP contribution is -2.41. The highest BCUT2D eigenvalue weighted by Gasteiger charge is 2.28. The Morgan fingerprint density at radius 3 is 2.57 bits per heavy atom. The van der Waals surface area contributed by atoms with Crippen molar-refractivity contribution < 1.29 is 14.7 Å². The third kappa shape index (κ3) is 3.97. The van der Waals surface area contributed by atoms with Crippen LogP contribution in [0, 0.1) is 12.8 Å². The third-order valence-electron chi connectivity index (χ3n) is 3.76. The smallest absolute Gasteiger partial charge is 0.336 e. The van der Waals surface area contributed by atoms with Crippen LogP contribution in [0.2, 0.25) is 0 Å². The molecular weight excluding hydrogens is 268 g/mol. The highest BCUT2D eigenvalue weighted by Crippen LogP contribution is 2.30. The monoisotopic (exact) mass is 290 g/mol. The quantitative estimate of drug-likeness (QED) is 0.873. The van der Waals surface area contributed by atoms with Crippen LogP contribution in [0.3, 0.4) is 0 Å². The number of anilines is 1. The van der Waals surface area contributed by atoms with Crippen LogP contribution in [0.4, 0.5) is 10.5 Å². The van der Waals surface area contributed by atoms with E-state index in [1.165, 1.54) is 18.9 Å². The van der Waals surface area contributed by atoms with E-state index in [1.807, 2.05) is 13.8 Å². The molecule has 5 nitrogen and oxygen atoms in total. The molecule has 0 aliphatic heterocycles. The minimum atomic E-state index is -0.984. The summed E-state index contributed by atoms with van der Waals surface area (Å²) >= 11 is 0. The van der Waals surface area contributed by atoms with Crippen LogP contribution in [0.25, 0.3) is 0 Å². The number of urea groups is 1. The first-order valence-electron chi connectivity index (χ1n) is 7.30. The van der Waals surface area contributed by atoms with Crippen LogP contribution in [0.15, 0.2) is 18.2 Å². The summed E-state index contributed by atoms with van der Waals surface area (Å²) in [5.41, 5.74) is 1.41. The van der Waals surface area contributed by atoms with Gasteiger partial charge in [0.05, 0.1) is 5.56 Å². The van der Waals surface area contributed by atoms with Gasteiger partial charge in [0.1, 0.15) is 0 Å². The van der Waals surface area contributed by atoms with Gasteiger partial charge in [-0.25, -0.2) is 9.59 Å². The van der Waals surface area contributed by atoms with Crippen molar-refractivity contribution in [2.24, 2.45) is 5.92 Å². The summed E-state index contributed by atoms with van der Waals surface area (Å²) in [5.74, 6) is -0.368. The molecular formula is C16H22N2O3. The predicted molar refractivity (Wildman–Crippen MR) is 81.7 cm³/mol. The molecule has 1 aromatic rings. The number of carbonyl (C=O) groups is 2. The van der Waals surface area contributed by atoms with Gasteiger partial charge in [0.15, 0.2) is 0 Å². The Bertz CT molecular complexity index is 550. The zero-order chi connectivity index (χ0) is 15.6. The Morgan fingerprint density at radius 2 is 2.05 bits per heavy atom. The zero-order valence-electron chi connectivity index (χ0n) is 12.7. The van der Waals surface area contributed by atoms with Crippen molar-refractivity contribution in [3.05, 3.63) is 29.3 Å². The van der Waals surface area contributed by atoms with E-state index < -0.39 is 5.97 Å². The first-order chi connectivity index (χ1) is 9.88. The molecule has 1 aromatic carbocycles. The Morgan fingerprint density at radius 1 is 1.38 bits per heavy atom. The van der Waals surface area contributed by atoms with Crippen LogP contribution in [0.1, 0.15) is 42.6 Å². The van der Waals surface area contributed by atoms with E-state index in [1.54, 1.807) is 24.0 Å². The summed E-state index contributed by atoms with van der Waals surface area (Å²) in [6, 6.07) is 4.90. The van der Waals surface area contributed by atoms with Crippen LogP contribution >= 0.6 is 0 Å². The maximum atomic E-state index is 12.4. The van der Waals surface area contributed by atoms with Gasteiger partial charge in [0.2, 0.25) is 0 Å². The maximum absolute atomic E-state index is 12.4. The molecule has 114 valence electrons. The molecule has 1 aliphatic carbocycles. The van der Waals surface area contributed by atoms with E-state index in [-0.39, 0.29) is 17.6 Å². The van der Waals surface area contributed by atoms with E-state index in [9.17, 15) is 9.59 Å². The van der Waals surface area contributed by atoms with Gasteiger partial charge in [0, 0.05) is 18.3 Å². The number of hydrogen-bond donors (Lipinski definition) is 2. The SMILES string of the molecule is Cc1ccc(NC(=O)N(CC2CC2)C(C)C)cc1C(=O)O. The van der Waals surface area contributed by atoms with Crippen molar-refractivity contribution in [2.75, 3.05) is 11.9 Å². The summed E-state index contributed by atoms with van der Waals surface area (Å²) in [6.07, 6.45) is 2.37. The molecule has 0 spiro atoms. The second-order valence-corrected chi connectivity index (χ2v) is 5.95. The Kier molecular flexibility index (Phi) is 4.50. The van der Waals surface area contributed by atoms with Crippen molar-refractivity contribution in [3.63, 3.8) is 0 Å². The lowest BCUT2D eigenvalue weighted by molar-refractivity contribution is 0.0696. The molecule has 2 N–H and O–H groups in total. The first kappa shape index (κ1) is 15.4. The molecule has 0 bridgehead atoms. The molecule has 0 saturated heterocycles. The lowest BCUT2D eigenvalue weighted by Gasteiger charge is -2.27. The lowest BCUT2D eigenvalue weighted by atomic mass is 10.1. The van der Waals surface area contributed by atoms with Crippen LogP contribution < -0.4 is 5.32 Å². The van der Waals surface area contributed by atoms with Crippen LogP contribution in [0.5, 0.6) is 0 Å². The van der Waals surface area contributed by atoms with Crippen molar-refractivity contribution in [1.29, 1.82) is 0 Å². The number of nitrogens with one attached hydrogen (secondary N) is 1.